The average Bonchev–Trinajstić information content (AvgIpc) is 2.53. The van der Waals surface area contributed by atoms with Gasteiger partial charge in [0.1, 0.15) is 5.60 Å². The Hall–Kier alpha value is -2.33. The van der Waals surface area contributed by atoms with Gasteiger partial charge in [-0.25, -0.2) is 4.79 Å². The van der Waals surface area contributed by atoms with Crippen LogP contribution in [0.2, 0.25) is 0 Å². The van der Waals surface area contributed by atoms with Crippen molar-refractivity contribution in [2.75, 3.05) is 6.61 Å². The van der Waals surface area contributed by atoms with Crippen LogP contribution in [0.5, 0.6) is 0 Å². The number of ether oxygens (including phenoxy) is 1. The Morgan fingerprint density at radius 2 is 1.75 bits per heavy atom. The molecule has 24 heavy (non-hydrogen) atoms. The third kappa shape index (κ3) is 5.70. The molecule has 128 valence electrons. The van der Waals surface area contributed by atoms with Crippen molar-refractivity contribution in [3.63, 3.8) is 0 Å². The first-order valence-electron chi connectivity index (χ1n) is 8.12. The van der Waals surface area contributed by atoms with Crippen molar-refractivity contribution in [2.24, 2.45) is 0 Å². The number of alkyl carbamates (subject to hydrolysis) is 1. The van der Waals surface area contributed by atoms with E-state index in [4.69, 9.17) is 4.74 Å². The van der Waals surface area contributed by atoms with Gasteiger partial charge in [-0.15, -0.1) is 0 Å². The van der Waals surface area contributed by atoms with E-state index in [0.717, 1.165) is 16.7 Å². The predicted octanol–water partition coefficient (Wildman–Crippen LogP) is 3.78. The minimum Gasteiger partial charge on any atom is -0.444 e. The second-order valence-electron chi connectivity index (χ2n) is 6.80. The van der Waals surface area contributed by atoms with E-state index in [9.17, 15) is 9.90 Å². The van der Waals surface area contributed by atoms with Crippen LogP contribution >= 0.6 is 0 Å². The normalized spacial score (nSPS) is 12.5. The summed E-state index contributed by atoms with van der Waals surface area (Å²) in [6.45, 7) is 5.28. The molecule has 2 rings (SSSR count). The molecule has 0 heterocycles. The molecule has 1 amide bonds. The van der Waals surface area contributed by atoms with Crippen LogP contribution in [0.25, 0.3) is 11.1 Å². The van der Waals surface area contributed by atoms with Gasteiger partial charge in [0.2, 0.25) is 0 Å². The average molecular weight is 327 g/mol. The summed E-state index contributed by atoms with van der Waals surface area (Å²) in [6, 6.07) is 17.8. The molecule has 0 saturated heterocycles. The lowest BCUT2D eigenvalue weighted by molar-refractivity contribution is 0.0483. The summed E-state index contributed by atoms with van der Waals surface area (Å²) >= 11 is 0. The van der Waals surface area contributed by atoms with Crippen LogP contribution in [0, 0.1) is 0 Å². The van der Waals surface area contributed by atoms with Gasteiger partial charge in [0.25, 0.3) is 0 Å². The largest absolute Gasteiger partial charge is 0.444 e. The van der Waals surface area contributed by atoms with Crippen LogP contribution < -0.4 is 5.32 Å². The second-order valence-corrected chi connectivity index (χ2v) is 6.80. The van der Waals surface area contributed by atoms with Crippen LogP contribution in [0.3, 0.4) is 0 Å². The molecule has 4 nitrogen and oxygen atoms in total. The van der Waals surface area contributed by atoms with E-state index >= 15 is 0 Å². The first-order chi connectivity index (χ1) is 11.4. The summed E-state index contributed by atoms with van der Waals surface area (Å²) in [5.74, 6) is 0. The zero-order valence-electron chi connectivity index (χ0n) is 14.5. The summed E-state index contributed by atoms with van der Waals surface area (Å²) in [5, 5.41) is 12.3. The summed E-state index contributed by atoms with van der Waals surface area (Å²) in [6.07, 6.45) is 0.0249. The van der Waals surface area contributed by atoms with Gasteiger partial charge >= 0.3 is 6.09 Å². The van der Waals surface area contributed by atoms with Gasteiger partial charge in [-0.2, -0.15) is 0 Å². The van der Waals surface area contributed by atoms with Gasteiger partial charge in [-0.1, -0.05) is 54.6 Å². The third-order valence-corrected chi connectivity index (χ3v) is 3.46. The van der Waals surface area contributed by atoms with E-state index in [1.165, 1.54) is 0 Å². The number of aliphatic hydroxyl groups excluding tert-OH is 1. The predicted molar refractivity (Wildman–Crippen MR) is 95.8 cm³/mol. The fourth-order valence-corrected chi connectivity index (χ4v) is 2.43. The quantitative estimate of drug-likeness (QED) is 0.878. The number of hydrogen-bond donors (Lipinski definition) is 2. The highest BCUT2D eigenvalue weighted by atomic mass is 16.6. The van der Waals surface area contributed by atoms with E-state index in [1.807, 2.05) is 57.2 Å². The van der Waals surface area contributed by atoms with Crippen molar-refractivity contribution in [1.82, 2.24) is 5.32 Å². The molecular formula is C20H25NO3. The maximum atomic E-state index is 11.9. The minimum absolute atomic E-state index is 0.144. The van der Waals surface area contributed by atoms with E-state index in [2.05, 4.69) is 23.5 Å². The summed E-state index contributed by atoms with van der Waals surface area (Å²) in [7, 11) is 0. The number of hydrogen-bond acceptors (Lipinski definition) is 3. The Kier molecular flexibility index (Phi) is 5.99. The van der Waals surface area contributed by atoms with Gasteiger partial charge in [-0.3, -0.25) is 0 Å². The maximum absolute atomic E-state index is 11.9. The highest BCUT2D eigenvalue weighted by Gasteiger charge is 2.19. The standard InChI is InChI=1S/C20H25NO3/c1-20(2,3)24-19(23)21-18(14-22)13-15-8-7-11-17(12-15)16-9-5-4-6-10-16/h4-12,18,22H,13-14H2,1-3H3,(H,21,23)/t18-/m1/s1. The zero-order chi connectivity index (χ0) is 17.6. The van der Waals surface area contributed by atoms with Crippen molar-refractivity contribution in [3.05, 3.63) is 60.2 Å². The molecular weight excluding hydrogens is 302 g/mol. The number of aliphatic hydroxyl groups is 1. The minimum atomic E-state index is -0.558. The second kappa shape index (κ2) is 7.97. The summed E-state index contributed by atoms with van der Waals surface area (Å²) < 4.78 is 5.24. The molecule has 0 aliphatic heterocycles. The third-order valence-electron chi connectivity index (χ3n) is 3.46. The zero-order valence-corrected chi connectivity index (χ0v) is 14.5. The molecule has 0 spiro atoms. The lowest BCUT2D eigenvalue weighted by atomic mass is 10.00. The molecule has 2 aromatic rings. The highest BCUT2D eigenvalue weighted by molar-refractivity contribution is 5.68. The molecule has 0 aromatic heterocycles. The van der Waals surface area contributed by atoms with Crippen LogP contribution in [0.4, 0.5) is 4.79 Å². The van der Waals surface area contributed by atoms with Crippen LogP contribution in [-0.4, -0.2) is 29.4 Å². The lowest BCUT2D eigenvalue weighted by Gasteiger charge is -2.23. The highest BCUT2D eigenvalue weighted by Crippen LogP contribution is 2.20. The number of carbonyl (C=O) groups excluding carboxylic acids is 1. The van der Waals surface area contributed by atoms with E-state index in [1.54, 1.807) is 0 Å². The number of rotatable bonds is 5. The Labute approximate surface area is 143 Å². The molecule has 2 aromatic carbocycles. The van der Waals surface area contributed by atoms with Gasteiger partial charge in [0, 0.05) is 0 Å². The van der Waals surface area contributed by atoms with Crippen LogP contribution in [-0.2, 0) is 11.2 Å². The molecule has 2 N–H and O–H groups in total. The molecule has 0 aliphatic rings. The Morgan fingerprint density at radius 3 is 2.38 bits per heavy atom. The smallest absolute Gasteiger partial charge is 0.407 e. The Morgan fingerprint density at radius 1 is 1.08 bits per heavy atom. The Balaban J connectivity index is 2.05. The first kappa shape index (κ1) is 18.0. The van der Waals surface area contributed by atoms with E-state index < -0.39 is 11.7 Å². The number of amides is 1. The van der Waals surface area contributed by atoms with Crippen molar-refractivity contribution in [2.45, 2.75) is 38.8 Å². The fourth-order valence-electron chi connectivity index (χ4n) is 2.43. The molecule has 4 heteroatoms. The van der Waals surface area contributed by atoms with Crippen molar-refractivity contribution in [3.8, 4) is 11.1 Å². The van der Waals surface area contributed by atoms with Gasteiger partial charge in [0.05, 0.1) is 12.6 Å². The Bertz CT molecular complexity index is 662. The molecule has 0 fully saturated rings. The van der Waals surface area contributed by atoms with Crippen LogP contribution in [0.15, 0.2) is 54.6 Å². The molecule has 1 atom stereocenters. The van der Waals surface area contributed by atoms with Gasteiger partial charge < -0.3 is 15.2 Å². The number of carbonyl (C=O) groups is 1. The number of benzene rings is 2. The van der Waals surface area contributed by atoms with Gasteiger partial charge in [0.15, 0.2) is 0 Å². The van der Waals surface area contributed by atoms with Crippen molar-refractivity contribution >= 4 is 6.09 Å². The first-order valence-corrected chi connectivity index (χ1v) is 8.12. The monoisotopic (exact) mass is 327 g/mol. The van der Waals surface area contributed by atoms with E-state index in [0.29, 0.717) is 6.42 Å². The molecule has 0 aliphatic carbocycles. The van der Waals surface area contributed by atoms with Gasteiger partial charge in [-0.05, 0) is 43.9 Å². The van der Waals surface area contributed by atoms with Crippen molar-refractivity contribution < 1.29 is 14.6 Å². The maximum Gasteiger partial charge on any atom is 0.407 e. The topological polar surface area (TPSA) is 58.6 Å². The molecule has 0 unspecified atom stereocenters. The fraction of sp³-hybridized carbons (Fsp3) is 0.350. The number of nitrogens with one attached hydrogen (secondary N) is 1. The van der Waals surface area contributed by atoms with Crippen LogP contribution in [0.1, 0.15) is 26.3 Å². The lowest BCUT2D eigenvalue weighted by Crippen LogP contribution is -2.42. The summed E-state index contributed by atoms with van der Waals surface area (Å²) in [5.41, 5.74) is 2.74. The summed E-state index contributed by atoms with van der Waals surface area (Å²) in [4.78, 5) is 11.9. The van der Waals surface area contributed by atoms with Crippen molar-refractivity contribution in [1.29, 1.82) is 0 Å². The molecule has 0 radical (unpaired) electrons. The molecule has 0 saturated carbocycles. The molecule has 0 bridgehead atoms. The van der Waals surface area contributed by atoms with E-state index in [-0.39, 0.29) is 12.6 Å². The SMILES string of the molecule is CC(C)(C)OC(=O)N[C@@H](CO)Cc1cccc(-c2ccccc2)c1.